The van der Waals surface area contributed by atoms with Crippen LogP contribution in [0.5, 0.6) is 5.75 Å². The second kappa shape index (κ2) is 6.27. The van der Waals surface area contributed by atoms with Gasteiger partial charge in [-0.1, -0.05) is 12.1 Å². The van der Waals surface area contributed by atoms with Crippen molar-refractivity contribution in [2.45, 2.75) is 18.7 Å². The van der Waals surface area contributed by atoms with Gasteiger partial charge >= 0.3 is 6.18 Å². The van der Waals surface area contributed by atoms with Crippen molar-refractivity contribution in [3.8, 4) is 5.75 Å². The van der Waals surface area contributed by atoms with E-state index in [1.807, 2.05) is 0 Å². The summed E-state index contributed by atoms with van der Waals surface area (Å²) in [6.07, 6.45) is -4.60. The minimum atomic E-state index is -4.48. The van der Waals surface area contributed by atoms with Gasteiger partial charge in [0.1, 0.15) is 11.4 Å². The fourth-order valence-electron chi connectivity index (χ4n) is 2.62. The van der Waals surface area contributed by atoms with Crippen molar-refractivity contribution in [2.24, 2.45) is 0 Å². The summed E-state index contributed by atoms with van der Waals surface area (Å²) in [4.78, 5) is 18.1. The third-order valence-corrected chi connectivity index (χ3v) is 3.74. The number of amides is 1. The normalized spacial score (nSPS) is 18.2. The molecule has 0 aliphatic carbocycles. The van der Waals surface area contributed by atoms with Gasteiger partial charge in [0.2, 0.25) is 0 Å². The average molecular weight is 340 g/mol. The van der Waals surface area contributed by atoms with Gasteiger partial charge < -0.3 is 14.7 Å². The molecule has 1 fully saturated rings. The molecule has 2 aromatic rings. The van der Waals surface area contributed by atoms with Gasteiger partial charge in [0, 0.05) is 24.5 Å². The molecule has 1 aromatic carbocycles. The standard InChI is InChI=1S/C16H15F3N2O3/c17-16(18,19)9-24-14-7-13(15(23)21-6-5-10(22)8-21)20-12-4-2-1-3-11(12)14/h1-4,7,10,22H,5-6,8-9H2/t10-/m0/s1. The summed E-state index contributed by atoms with van der Waals surface area (Å²) < 4.78 is 42.2. The summed E-state index contributed by atoms with van der Waals surface area (Å²) in [6.45, 7) is -0.879. The van der Waals surface area contributed by atoms with Gasteiger partial charge in [-0.05, 0) is 18.6 Å². The number of carbonyl (C=O) groups excluding carboxylic acids is 1. The molecule has 3 rings (SSSR count). The van der Waals surface area contributed by atoms with E-state index < -0.39 is 24.8 Å². The Morgan fingerprint density at radius 3 is 2.79 bits per heavy atom. The molecule has 0 bridgehead atoms. The number of hydrogen-bond donors (Lipinski definition) is 1. The Labute approximate surface area is 135 Å². The number of aromatic nitrogens is 1. The third kappa shape index (κ3) is 3.59. The number of para-hydroxylation sites is 1. The molecule has 1 aromatic heterocycles. The van der Waals surface area contributed by atoms with Crippen molar-refractivity contribution in [2.75, 3.05) is 19.7 Å². The van der Waals surface area contributed by atoms with Crippen LogP contribution in [0.3, 0.4) is 0 Å². The van der Waals surface area contributed by atoms with Crippen LogP contribution in [0.4, 0.5) is 13.2 Å². The SMILES string of the molecule is O=C(c1cc(OCC(F)(F)F)c2ccccc2n1)N1CC[C@H](O)C1. The maximum absolute atomic E-state index is 12.5. The molecule has 128 valence electrons. The molecule has 24 heavy (non-hydrogen) atoms. The Morgan fingerprint density at radius 2 is 2.12 bits per heavy atom. The number of ether oxygens (including phenoxy) is 1. The summed E-state index contributed by atoms with van der Waals surface area (Å²) in [7, 11) is 0. The second-order valence-electron chi connectivity index (χ2n) is 5.62. The number of aliphatic hydroxyl groups is 1. The van der Waals surface area contributed by atoms with Gasteiger partial charge in [0.05, 0.1) is 11.6 Å². The predicted octanol–water partition coefficient (Wildman–Crippen LogP) is 2.38. The maximum atomic E-state index is 12.5. The molecule has 1 aliphatic rings. The van der Waals surface area contributed by atoms with Crippen molar-refractivity contribution < 1.29 is 27.8 Å². The number of halogens is 3. The molecule has 1 aliphatic heterocycles. The minimum absolute atomic E-state index is 0.0000236. The molecular formula is C16H15F3N2O3. The van der Waals surface area contributed by atoms with Gasteiger partial charge in [0.15, 0.2) is 6.61 Å². The molecule has 8 heteroatoms. The van der Waals surface area contributed by atoms with Gasteiger partial charge in [-0.15, -0.1) is 0 Å². The van der Waals surface area contributed by atoms with E-state index in [4.69, 9.17) is 4.74 Å². The molecule has 5 nitrogen and oxygen atoms in total. The summed E-state index contributed by atoms with van der Waals surface area (Å²) in [6, 6.07) is 7.74. The fraction of sp³-hybridized carbons (Fsp3) is 0.375. The fourth-order valence-corrected chi connectivity index (χ4v) is 2.62. The summed E-state index contributed by atoms with van der Waals surface area (Å²) >= 11 is 0. The Balaban J connectivity index is 1.95. The Morgan fingerprint density at radius 1 is 1.38 bits per heavy atom. The van der Waals surface area contributed by atoms with Crippen LogP contribution in [0.25, 0.3) is 10.9 Å². The summed E-state index contributed by atoms with van der Waals surface area (Å²) in [5.41, 5.74) is 0.375. The lowest BCUT2D eigenvalue weighted by Crippen LogP contribution is -2.30. The third-order valence-electron chi connectivity index (χ3n) is 3.74. The number of hydrogen-bond acceptors (Lipinski definition) is 4. The highest BCUT2D eigenvalue weighted by atomic mass is 19.4. The maximum Gasteiger partial charge on any atom is 0.422 e. The van der Waals surface area contributed by atoms with E-state index >= 15 is 0 Å². The second-order valence-corrected chi connectivity index (χ2v) is 5.62. The van der Waals surface area contributed by atoms with Crippen LogP contribution in [0, 0.1) is 0 Å². The Hall–Kier alpha value is -2.35. The van der Waals surface area contributed by atoms with Crippen molar-refractivity contribution in [1.82, 2.24) is 9.88 Å². The zero-order valence-corrected chi connectivity index (χ0v) is 12.6. The summed E-state index contributed by atoms with van der Waals surface area (Å²) in [5, 5.41) is 9.93. The molecule has 1 amide bonds. The number of aliphatic hydroxyl groups excluding tert-OH is 1. The lowest BCUT2D eigenvalue weighted by Gasteiger charge is -2.17. The van der Waals surface area contributed by atoms with Crippen molar-refractivity contribution in [1.29, 1.82) is 0 Å². The van der Waals surface area contributed by atoms with E-state index in [-0.39, 0.29) is 18.0 Å². The zero-order chi connectivity index (χ0) is 17.3. The van der Waals surface area contributed by atoms with Crippen molar-refractivity contribution >= 4 is 16.8 Å². The number of alkyl halides is 3. The number of nitrogens with zero attached hydrogens (tertiary/aromatic N) is 2. The zero-order valence-electron chi connectivity index (χ0n) is 12.6. The Kier molecular flexibility index (Phi) is 4.31. The number of fused-ring (bicyclic) bond motifs is 1. The van der Waals surface area contributed by atoms with E-state index in [1.54, 1.807) is 24.3 Å². The first-order chi connectivity index (χ1) is 11.3. The quantitative estimate of drug-likeness (QED) is 0.932. The van der Waals surface area contributed by atoms with Crippen LogP contribution in [-0.2, 0) is 0 Å². The van der Waals surface area contributed by atoms with Gasteiger partial charge in [-0.3, -0.25) is 4.79 Å². The van der Waals surface area contributed by atoms with Crippen LogP contribution in [0.15, 0.2) is 30.3 Å². The van der Waals surface area contributed by atoms with Crippen LogP contribution >= 0.6 is 0 Å². The number of pyridine rings is 1. The van der Waals surface area contributed by atoms with E-state index in [0.717, 1.165) is 0 Å². The molecule has 0 spiro atoms. The number of β-amino-alcohol motifs (C(OH)–C–C–N with tert-alkyl or cyclic N) is 1. The molecule has 1 saturated heterocycles. The van der Waals surface area contributed by atoms with E-state index in [9.17, 15) is 23.1 Å². The van der Waals surface area contributed by atoms with E-state index in [1.165, 1.54) is 11.0 Å². The number of carbonyl (C=O) groups is 1. The highest BCUT2D eigenvalue weighted by Gasteiger charge is 2.30. The molecular weight excluding hydrogens is 325 g/mol. The first-order valence-corrected chi connectivity index (χ1v) is 7.40. The average Bonchev–Trinajstić information content (AvgIpc) is 2.97. The van der Waals surface area contributed by atoms with Crippen molar-refractivity contribution in [3.05, 3.63) is 36.0 Å². The molecule has 0 radical (unpaired) electrons. The lowest BCUT2D eigenvalue weighted by atomic mass is 10.1. The van der Waals surface area contributed by atoms with E-state index in [2.05, 4.69) is 4.98 Å². The van der Waals surface area contributed by atoms with Crippen molar-refractivity contribution in [3.63, 3.8) is 0 Å². The van der Waals surface area contributed by atoms with E-state index in [0.29, 0.717) is 23.9 Å². The smallest absolute Gasteiger partial charge is 0.422 e. The number of benzene rings is 1. The summed E-state index contributed by atoms with van der Waals surface area (Å²) in [5.74, 6) is -0.477. The highest BCUT2D eigenvalue weighted by molar-refractivity contribution is 5.97. The first kappa shape index (κ1) is 16.5. The minimum Gasteiger partial charge on any atom is -0.483 e. The molecule has 0 unspecified atom stereocenters. The highest BCUT2D eigenvalue weighted by Crippen LogP contribution is 2.28. The monoisotopic (exact) mass is 340 g/mol. The van der Waals surface area contributed by atoms with Gasteiger partial charge in [0.25, 0.3) is 5.91 Å². The largest absolute Gasteiger partial charge is 0.483 e. The molecule has 0 saturated carbocycles. The Bertz CT molecular complexity index is 764. The molecule has 1 atom stereocenters. The van der Waals surface area contributed by atoms with Crippen LogP contribution in [0.2, 0.25) is 0 Å². The first-order valence-electron chi connectivity index (χ1n) is 7.40. The van der Waals surface area contributed by atoms with Crippen LogP contribution < -0.4 is 4.74 Å². The number of rotatable bonds is 3. The topological polar surface area (TPSA) is 62.7 Å². The lowest BCUT2D eigenvalue weighted by molar-refractivity contribution is -0.153. The van der Waals surface area contributed by atoms with Crippen LogP contribution in [0.1, 0.15) is 16.9 Å². The number of likely N-dealkylation sites (tertiary alicyclic amines) is 1. The van der Waals surface area contributed by atoms with Gasteiger partial charge in [-0.25, -0.2) is 4.98 Å². The van der Waals surface area contributed by atoms with Gasteiger partial charge in [-0.2, -0.15) is 13.2 Å². The molecule has 1 N–H and O–H groups in total. The molecule has 2 heterocycles. The van der Waals surface area contributed by atoms with Crippen LogP contribution in [-0.4, -0.2) is 52.9 Å². The predicted molar refractivity (Wildman–Crippen MR) is 79.8 cm³/mol.